The number of aliphatic hydroxyl groups excluding tert-OH is 1. The molecule has 0 bridgehead atoms. The Kier molecular flexibility index (Phi) is 2.50. The van der Waals surface area contributed by atoms with Crippen molar-refractivity contribution in [2.24, 2.45) is 0 Å². The van der Waals surface area contributed by atoms with Gasteiger partial charge in [-0.3, -0.25) is 4.79 Å². The maximum absolute atomic E-state index is 11.9. The molecule has 0 aliphatic carbocycles. The number of aromatic amines is 1. The van der Waals surface area contributed by atoms with Crippen LogP contribution in [0.4, 0.5) is 0 Å². The fourth-order valence-electron chi connectivity index (χ4n) is 1.52. The van der Waals surface area contributed by atoms with Crippen LogP contribution in [-0.2, 0) is 0 Å². The van der Waals surface area contributed by atoms with Crippen LogP contribution in [-0.4, -0.2) is 10.1 Å². The van der Waals surface area contributed by atoms with Crippen LogP contribution in [0.5, 0.6) is 0 Å². The standard InChI is InChI=1S/C11H10ClNO2/c1-6(14)9-5-13-10-3-2-7(12)4-8(10)11(9)15/h2-6,14H,1H3,(H,13,15)/t6-/m0/s1. The number of pyridine rings is 1. The van der Waals surface area contributed by atoms with Crippen LogP contribution in [0.3, 0.4) is 0 Å². The molecular weight excluding hydrogens is 214 g/mol. The highest BCUT2D eigenvalue weighted by atomic mass is 35.5. The largest absolute Gasteiger partial charge is 0.389 e. The van der Waals surface area contributed by atoms with Crippen molar-refractivity contribution in [2.75, 3.05) is 0 Å². The Balaban J connectivity index is 2.83. The van der Waals surface area contributed by atoms with Gasteiger partial charge in [0.2, 0.25) is 0 Å². The molecule has 1 aromatic carbocycles. The van der Waals surface area contributed by atoms with Crippen LogP contribution in [0.25, 0.3) is 10.9 Å². The number of halogens is 1. The number of benzene rings is 1. The van der Waals surface area contributed by atoms with Crippen LogP contribution in [0.1, 0.15) is 18.6 Å². The zero-order valence-corrected chi connectivity index (χ0v) is 8.88. The Labute approximate surface area is 91.3 Å². The molecule has 1 atom stereocenters. The van der Waals surface area contributed by atoms with E-state index in [1.165, 1.54) is 6.20 Å². The summed E-state index contributed by atoms with van der Waals surface area (Å²) in [4.78, 5) is 14.8. The molecule has 15 heavy (non-hydrogen) atoms. The van der Waals surface area contributed by atoms with Crippen molar-refractivity contribution in [2.45, 2.75) is 13.0 Å². The molecule has 1 heterocycles. The molecule has 0 aliphatic rings. The van der Waals surface area contributed by atoms with E-state index in [-0.39, 0.29) is 5.43 Å². The van der Waals surface area contributed by atoms with Crippen LogP contribution >= 0.6 is 11.6 Å². The lowest BCUT2D eigenvalue weighted by Crippen LogP contribution is -2.12. The summed E-state index contributed by atoms with van der Waals surface area (Å²) in [7, 11) is 0. The van der Waals surface area contributed by atoms with Gasteiger partial charge < -0.3 is 10.1 Å². The highest BCUT2D eigenvalue weighted by Crippen LogP contribution is 2.16. The first-order valence-corrected chi connectivity index (χ1v) is 4.96. The predicted molar refractivity (Wildman–Crippen MR) is 60.2 cm³/mol. The van der Waals surface area contributed by atoms with Crippen molar-refractivity contribution < 1.29 is 5.11 Å². The van der Waals surface area contributed by atoms with Crippen molar-refractivity contribution in [3.05, 3.63) is 45.2 Å². The predicted octanol–water partition coefficient (Wildman–Crippen LogP) is 2.23. The van der Waals surface area contributed by atoms with E-state index in [0.717, 1.165) is 0 Å². The van der Waals surface area contributed by atoms with Gasteiger partial charge in [0.25, 0.3) is 0 Å². The Morgan fingerprint density at radius 2 is 2.20 bits per heavy atom. The molecule has 78 valence electrons. The summed E-state index contributed by atoms with van der Waals surface area (Å²) in [5, 5.41) is 10.4. The van der Waals surface area contributed by atoms with E-state index in [0.29, 0.717) is 21.5 Å². The smallest absolute Gasteiger partial charge is 0.195 e. The van der Waals surface area contributed by atoms with Gasteiger partial charge in [-0.05, 0) is 25.1 Å². The van der Waals surface area contributed by atoms with E-state index in [9.17, 15) is 9.90 Å². The first-order chi connectivity index (χ1) is 7.09. The van der Waals surface area contributed by atoms with Gasteiger partial charge in [-0.25, -0.2) is 0 Å². The van der Waals surface area contributed by atoms with E-state index in [1.807, 2.05) is 0 Å². The molecule has 1 aromatic heterocycles. The molecule has 4 heteroatoms. The maximum atomic E-state index is 11.9. The number of H-pyrrole nitrogens is 1. The van der Waals surface area contributed by atoms with E-state index >= 15 is 0 Å². The minimum atomic E-state index is -0.780. The van der Waals surface area contributed by atoms with Crippen molar-refractivity contribution in [1.82, 2.24) is 4.98 Å². The molecule has 2 rings (SSSR count). The average molecular weight is 224 g/mol. The minimum absolute atomic E-state index is 0.179. The number of aromatic nitrogens is 1. The zero-order chi connectivity index (χ0) is 11.0. The Morgan fingerprint density at radius 1 is 1.47 bits per heavy atom. The Bertz CT molecular complexity index is 560. The number of fused-ring (bicyclic) bond motifs is 1. The van der Waals surface area contributed by atoms with Gasteiger partial charge in [0.15, 0.2) is 5.43 Å². The van der Waals surface area contributed by atoms with Gasteiger partial charge >= 0.3 is 0 Å². The van der Waals surface area contributed by atoms with E-state index in [1.54, 1.807) is 25.1 Å². The molecule has 0 radical (unpaired) electrons. The second kappa shape index (κ2) is 3.68. The topological polar surface area (TPSA) is 53.1 Å². The fourth-order valence-corrected chi connectivity index (χ4v) is 1.69. The molecular formula is C11H10ClNO2. The van der Waals surface area contributed by atoms with Gasteiger partial charge in [0.05, 0.1) is 6.10 Å². The molecule has 0 unspecified atom stereocenters. The van der Waals surface area contributed by atoms with Gasteiger partial charge in [-0.1, -0.05) is 11.6 Å². The molecule has 0 amide bonds. The number of hydrogen-bond acceptors (Lipinski definition) is 2. The van der Waals surface area contributed by atoms with Crippen LogP contribution in [0.2, 0.25) is 5.02 Å². The summed E-state index contributed by atoms with van der Waals surface area (Å²) in [6, 6.07) is 5.05. The average Bonchev–Trinajstić information content (AvgIpc) is 2.19. The van der Waals surface area contributed by atoms with Gasteiger partial charge in [-0.2, -0.15) is 0 Å². The second-order valence-electron chi connectivity index (χ2n) is 3.44. The molecule has 2 aromatic rings. The Hall–Kier alpha value is -1.32. The maximum Gasteiger partial charge on any atom is 0.195 e. The molecule has 0 aliphatic heterocycles. The van der Waals surface area contributed by atoms with E-state index in [2.05, 4.69) is 4.98 Å². The number of rotatable bonds is 1. The number of aliphatic hydroxyl groups is 1. The quantitative estimate of drug-likeness (QED) is 0.779. The summed E-state index contributed by atoms with van der Waals surface area (Å²) in [6.45, 7) is 1.56. The van der Waals surface area contributed by atoms with Gasteiger partial charge in [-0.15, -0.1) is 0 Å². The third-order valence-electron chi connectivity index (χ3n) is 2.32. The summed E-state index contributed by atoms with van der Waals surface area (Å²) in [6.07, 6.45) is 0.751. The molecule has 0 spiro atoms. The monoisotopic (exact) mass is 223 g/mol. The lowest BCUT2D eigenvalue weighted by atomic mass is 10.1. The second-order valence-corrected chi connectivity index (χ2v) is 3.88. The van der Waals surface area contributed by atoms with E-state index in [4.69, 9.17) is 11.6 Å². The zero-order valence-electron chi connectivity index (χ0n) is 8.12. The van der Waals surface area contributed by atoms with Crippen LogP contribution < -0.4 is 5.43 Å². The molecule has 2 N–H and O–H groups in total. The third-order valence-corrected chi connectivity index (χ3v) is 2.56. The normalized spacial score (nSPS) is 13.0. The molecule has 0 fully saturated rings. The van der Waals surface area contributed by atoms with Crippen molar-refractivity contribution in [1.29, 1.82) is 0 Å². The minimum Gasteiger partial charge on any atom is -0.389 e. The highest BCUT2D eigenvalue weighted by Gasteiger charge is 2.09. The number of nitrogens with one attached hydrogen (secondary N) is 1. The van der Waals surface area contributed by atoms with Crippen molar-refractivity contribution >= 4 is 22.5 Å². The first kappa shape index (κ1) is 10.2. The highest BCUT2D eigenvalue weighted by molar-refractivity contribution is 6.31. The van der Waals surface area contributed by atoms with E-state index < -0.39 is 6.10 Å². The summed E-state index contributed by atoms with van der Waals surface area (Å²) < 4.78 is 0. The third kappa shape index (κ3) is 1.76. The SMILES string of the molecule is C[C@H](O)c1c[nH]c2ccc(Cl)cc2c1=O. The lowest BCUT2D eigenvalue weighted by Gasteiger charge is -2.05. The molecule has 0 saturated carbocycles. The summed E-state index contributed by atoms with van der Waals surface area (Å²) >= 11 is 5.81. The van der Waals surface area contributed by atoms with Gasteiger partial charge in [0.1, 0.15) is 0 Å². The number of hydrogen-bond donors (Lipinski definition) is 2. The van der Waals surface area contributed by atoms with Crippen LogP contribution in [0, 0.1) is 0 Å². The fraction of sp³-hybridized carbons (Fsp3) is 0.182. The first-order valence-electron chi connectivity index (χ1n) is 4.58. The lowest BCUT2D eigenvalue weighted by molar-refractivity contribution is 0.198. The Morgan fingerprint density at radius 3 is 2.87 bits per heavy atom. The molecule has 0 saturated heterocycles. The molecule has 3 nitrogen and oxygen atoms in total. The van der Waals surface area contributed by atoms with Crippen LogP contribution in [0.15, 0.2) is 29.2 Å². The summed E-state index contributed by atoms with van der Waals surface area (Å²) in [5.74, 6) is 0. The van der Waals surface area contributed by atoms with Crippen molar-refractivity contribution in [3.8, 4) is 0 Å². The van der Waals surface area contributed by atoms with Gasteiger partial charge in [0, 0.05) is 27.7 Å². The van der Waals surface area contributed by atoms with Crippen molar-refractivity contribution in [3.63, 3.8) is 0 Å². The summed E-state index contributed by atoms with van der Waals surface area (Å²) in [5.41, 5.74) is 0.889.